The van der Waals surface area contributed by atoms with Gasteiger partial charge in [0.15, 0.2) is 12.4 Å². The van der Waals surface area contributed by atoms with E-state index in [1.54, 1.807) is 24.3 Å². The van der Waals surface area contributed by atoms with Gasteiger partial charge in [-0.25, -0.2) is 4.79 Å². The lowest BCUT2D eigenvalue weighted by atomic mass is 10.1. The normalized spacial score (nSPS) is 17.6. The quantitative estimate of drug-likeness (QED) is 0.828. The first-order chi connectivity index (χ1) is 9.99. The number of likely N-dealkylation sites (tertiary alicyclic amines) is 1. The van der Waals surface area contributed by atoms with E-state index in [0.29, 0.717) is 30.7 Å². The molecule has 1 aromatic carbocycles. The highest BCUT2D eigenvalue weighted by Crippen LogP contribution is 2.18. The molecule has 2 rings (SSSR count). The van der Waals surface area contributed by atoms with E-state index >= 15 is 0 Å². The second kappa shape index (κ2) is 6.39. The van der Waals surface area contributed by atoms with E-state index in [1.165, 1.54) is 11.8 Å². The summed E-state index contributed by atoms with van der Waals surface area (Å²) in [5.41, 5.74) is 0.504. The molecular formula is C15H17NO5. The summed E-state index contributed by atoms with van der Waals surface area (Å²) in [5, 5.41) is 9.04. The van der Waals surface area contributed by atoms with E-state index in [9.17, 15) is 14.4 Å². The van der Waals surface area contributed by atoms with Crippen LogP contribution in [0.15, 0.2) is 24.3 Å². The van der Waals surface area contributed by atoms with Gasteiger partial charge < -0.3 is 14.7 Å². The number of carbonyl (C=O) groups excluding carboxylic acids is 2. The molecule has 0 bridgehead atoms. The maximum Gasteiger partial charge on any atom is 0.326 e. The van der Waals surface area contributed by atoms with Crippen LogP contribution in [0, 0.1) is 0 Å². The van der Waals surface area contributed by atoms with Gasteiger partial charge in [0.2, 0.25) is 0 Å². The predicted octanol–water partition coefficient (Wildman–Crippen LogP) is 1.34. The molecule has 0 saturated carbocycles. The molecular weight excluding hydrogens is 274 g/mol. The summed E-state index contributed by atoms with van der Waals surface area (Å²) >= 11 is 0. The smallest absolute Gasteiger partial charge is 0.326 e. The summed E-state index contributed by atoms with van der Waals surface area (Å²) in [6.07, 6.45) is 1.16. The van der Waals surface area contributed by atoms with Gasteiger partial charge in [0.25, 0.3) is 5.91 Å². The van der Waals surface area contributed by atoms with Gasteiger partial charge in [0.05, 0.1) is 0 Å². The zero-order valence-corrected chi connectivity index (χ0v) is 11.7. The largest absolute Gasteiger partial charge is 0.484 e. The molecule has 112 valence electrons. The number of aliphatic carboxylic acids is 1. The molecule has 1 atom stereocenters. The minimum atomic E-state index is -0.987. The number of carboxylic acids is 1. The fourth-order valence-electron chi connectivity index (χ4n) is 2.35. The van der Waals surface area contributed by atoms with Gasteiger partial charge in [-0.1, -0.05) is 12.1 Å². The highest BCUT2D eigenvalue weighted by atomic mass is 16.5. The van der Waals surface area contributed by atoms with Crippen molar-refractivity contribution in [3.05, 3.63) is 29.8 Å². The van der Waals surface area contributed by atoms with Crippen LogP contribution in [0.1, 0.15) is 30.1 Å². The van der Waals surface area contributed by atoms with E-state index in [1.807, 2.05) is 0 Å². The molecule has 1 saturated heterocycles. The van der Waals surface area contributed by atoms with Gasteiger partial charge in [-0.2, -0.15) is 0 Å². The number of hydrogen-bond donors (Lipinski definition) is 1. The van der Waals surface area contributed by atoms with Crippen molar-refractivity contribution < 1.29 is 24.2 Å². The first-order valence-electron chi connectivity index (χ1n) is 6.75. The molecule has 0 unspecified atom stereocenters. The summed E-state index contributed by atoms with van der Waals surface area (Å²) in [6.45, 7) is 1.66. The Morgan fingerprint density at radius 2 is 2.14 bits per heavy atom. The van der Waals surface area contributed by atoms with Crippen LogP contribution in [0.3, 0.4) is 0 Å². The van der Waals surface area contributed by atoms with Gasteiger partial charge in [0.1, 0.15) is 11.8 Å². The van der Waals surface area contributed by atoms with Crippen molar-refractivity contribution in [3.8, 4) is 5.75 Å². The van der Waals surface area contributed by atoms with Crippen molar-refractivity contribution in [3.63, 3.8) is 0 Å². The van der Waals surface area contributed by atoms with Crippen molar-refractivity contribution >= 4 is 17.7 Å². The highest BCUT2D eigenvalue weighted by Gasteiger charge is 2.33. The zero-order valence-electron chi connectivity index (χ0n) is 11.7. The van der Waals surface area contributed by atoms with Crippen molar-refractivity contribution in [1.29, 1.82) is 0 Å². The Hall–Kier alpha value is -2.37. The number of Topliss-reactive ketones (excluding diaryl/α,β-unsaturated/α-hetero) is 1. The average Bonchev–Trinajstić information content (AvgIpc) is 2.94. The minimum Gasteiger partial charge on any atom is -0.484 e. The third-order valence-corrected chi connectivity index (χ3v) is 3.46. The SMILES string of the molecule is CC(=O)c1cccc(OCC(=O)N2CCC[C@@H]2C(=O)O)c1. The fraction of sp³-hybridized carbons (Fsp3) is 0.400. The van der Waals surface area contributed by atoms with E-state index < -0.39 is 12.0 Å². The summed E-state index contributed by atoms with van der Waals surface area (Å²) in [5.74, 6) is -1.01. The number of ketones is 1. The van der Waals surface area contributed by atoms with Crippen LogP contribution in [0.4, 0.5) is 0 Å². The molecule has 1 fully saturated rings. The Kier molecular flexibility index (Phi) is 4.57. The summed E-state index contributed by atoms with van der Waals surface area (Å²) < 4.78 is 5.36. The van der Waals surface area contributed by atoms with Gasteiger partial charge in [-0.05, 0) is 31.9 Å². The first kappa shape index (κ1) is 15.0. The second-order valence-electron chi connectivity index (χ2n) is 4.96. The van der Waals surface area contributed by atoms with Crippen LogP contribution in [-0.2, 0) is 9.59 Å². The molecule has 0 radical (unpaired) electrons. The molecule has 6 nitrogen and oxygen atoms in total. The zero-order chi connectivity index (χ0) is 15.4. The lowest BCUT2D eigenvalue weighted by molar-refractivity contribution is -0.148. The number of amides is 1. The maximum atomic E-state index is 12.0. The number of hydrogen-bond acceptors (Lipinski definition) is 4. The van der Waals surface area contributed by atoms with Crippen LogP contribution in [0.5, 0.6) is 5.75 Å². The molecule has 1 amide bonds. The number of carbonyl (C=O) groups is 3. The highest BCUT2D eigenvalue weighted by molar-refractivity contribution is 5.94. The number of ether oxygens (including phenoxy) is 1. The van der Waals surface area contributed by atoms with E-state index in [4.69, 9.17) is 9.84 Å². The van der Waals surface area contributed by atoms with Crippen LogP contribution < -0.4 is 4.74 Å². The number of benzene rings is 1. The molecule has 0 spiro atoms. The molecule has 0 aliphatic carbocycles. The third kappa shape index (κ3) is 3.59. The first-order valence-corrected chi connectivity index (χ1v) is 6.75. The number of carboxylic acid groups (broad SMARTS) is 1. The van der Waals surface area contributed by atoms with E-state index in [2.05, 4.69) is 0 Å². The maximum absolute atomic E-state index is 12.0. The fourth-order valence-corrected chi connectivity index (χ4v) is 2.35. The number of rotatable bonds is 5. The van der Waals surface area contributed by atoms with Crippen molar-refractivity contribution in [2.75, 3.05) is 13.2 Å². The van der Waals surface area contributed by atoms with E-state index in [0.717, 1.165) is 0 Å². The summed E-state index contributed by atoms with van der Waals surface area (Å²) in [7, 11) is 0. The van der Waals surface area contributed by atoms with Crippen molar-refractivity contribution in [2.24, 2.45) is 0 Å². The molecule has 1 aromatic rings. The van der Waals surface area contributed by atoms with Crippen molar-refractivity contribution in [1.82, 2.24) is 4.90 Å². The Balaban J connectivity index is 1.96. The van der Waals surface area contributed by atoms with Gasteiger partial charge >= 0.3 is 5.97 Å². The second-order valence-corrected chi connectivity index (χ2v) is 4.96. The van der Waals surface area contributed by atoms with Crippen LogP contribution in [0.2, 0.25) is 0 Å². The average molecular weight is 291 g/mol. The molecule has 6 heteroatoms. The summed E-state index contributed by atoms with van der Waals surface area (Å²) in [6, 6.07) is 5.79. The standard InChI is InChI=1S/C15H17NO5/c1-10(17)11-4-2-5-12(8-11)21-9-14(18)16-7-3-6-13(16)15(19)20/h2,4-5,8,13H,3,6-7,9H2,1H3,(H,19,20)/t13-/m1/s1. The molecule has 1 aliphatic heterocycles. The molecule has 1 aliphatic rings. The predicted molar refractivity (Wildman–Crippen MR) is 74.3 cm³/mol. The monoisotopic (exact) mass is 291 g/mol. The number of nitrogens with zero attached hydrogens (tertiary/aromatic N) is 1. The Morgan fingerprint density at radius 3 is 2.81 bits per heavy atom. The molecule has 1 N–H and O–H groups in total. The van der Waals surface area contributed by atoms with E-state index in [-0.39, 0.29) is 18.3 Å². The molecule has 21 heavy (non-hydrogen) atoms. The van der Waals surface area contributed by atoms with Crippen LogP contribution in [-0.4, -0.2) is 46.9 Å². The Bertz CT molecular complexity index is 569. The van der Waals surface area contributed by atoms with Crippen LogP contribution in [0.25, 0.3) is 0 Å². The topological polar surface area (TPSA) is 83.9 Å². The third-order valence-electron chi connectivity index (χ3n) is 3.46. The Morgan fingerprint density at radius 1 is 1.38 bits per heavy atom. The van der Waals surface area contributed by atoms with Gasteiger partial charge in [-0.3, -0.25) is 9.59 Å². The summed E-state index contributed by atoms with van der Waals surface area (Å²) in [4.78, 5) is 35.7. The lowest BCUT2D eigenvalue weighted by Crippen LogP contribution is -2.42. The lowest BCUT2D eigenvalue weighted by Gasteiger charge is -2.21. The van der Waals surface area contributed by atoms with Crippen LogP contribution >= 0.6 is 0 Å². The van der Waals surface area contributed by atoms with Gasteiger partial charge in [0, 0.05) is 12.1 Å². The Labute approximate surface area is 122 Å². The van der Waals surface area contributed by atoms with Crippen molar-refractivity contribution in [2.45, 2.75) is 25.8 Å². The molecule has 0 aromatic heterocycles. The minimum absolute atomic E-state index is 0.0859. The van der Waals surface area contributed by atoms with Gasteiger partial charge in [-0.15, -0.1) is 0 Å². The molecule has 1 heterocycles.